The van der Waals surface area contributed by atoms with Gasteiger partial charge in [-0.05, 0) is 23.3 Å². The average Bonchev–Trinajstić information content (AvgIpc) is 2.68. The molecule has 4 heteroatoms. The summed E-state index contributed by atoms with van der Waals surface area (Å²) in [7, 11) is 0. The highest BCUT2D eigenvalue weighted by Crippen LogP contribution is 2.32. The highest BCUT2D eigenvalue weighted by molar-refractivity contribution is 5.81. The maximum absolute atomic E-state index is 10.9. The van der Waals surface area contributed by atoms with Crippen LogP contribution in [0.4, 0.5) is 0 Å². The Labute approximate surface area is 155 Å². The van der Waals surface area contributed by atoms with E-state index in [1.807, 2.05) is 18.2 Å². The van der Waals surface area contributed by atoms with Gasteiger partial charge < -0.3 is 14.2 Å². The summed E-state index contributed by atoms with van der Waals surface area (Å²) in [5.41, 5.74) is 2.45. The Hall–Kier alpha value is -2.59. The van der Waals surface area contributed by atoms with Crippen LogP contribution in [-0.4, -0.2) is 32.4 Å². The topological polar surface area (TPSA) is 44.8 Å². The van der Waals surface area contributed by atoms with Gasteiger partial charge in [-0.1, -0.05) is 62.9 Å². The third kappa shape index (κ3) is 5.74. The summed E-state index contributed by atoms with van der Waals surface area (Å²) >= 11 is 0. The van der Waals surface area contributed by atoms with Gasteiger partial charge in [0.15, 0.2) is 0 Å². The highest BCUT2D eigenvalue weighted by atomic mass is 16.6. The van der Waals surface area contributed by atoms with Gasteiger partial charge in [0.25, 0.3) is 0 Å². The van der Waals surface area contributed by atoms with Crippen molar-refractivity contribution in [2.24, 2.45) is 0 Å². The molecule has 2 aromatic rings. The van der Waals surface area contributed by atoms with Crippen molar-refractivity contribution in [1.82, 2.24) is 0 Å². The Morgan fingerprint density at radius 3 is 2.19 bits per heavy atom. The summed E-state index contributed by atoms with van der Waals surface area (Å²) in [6, 6.07) is 18.6. The fourth-order valence-electron chi connectivity index (χ4n) is 2.57. The first kappa shape index (κ1) is 19.7. The zero-order chi connectivity index (χ0) is 18.8. The van der Waals surface area contributed by atoms with Crippen molar-refractivity contribution in [3.05, 3.63) is 78.4 Å². The lowest BCUT2D eigenvalue weighted by Gasteiger charge is -2.26. The van der Waals surface area contributed by atoms with Gasteiger partial charge in [-0.2, -0.15) is 0 Å². The second kappa shape index (κ2) is 9.78. The summed E-state index contributed by atoms with van der Waals surface area (Å²) in [4.78, 5) is 10.9. The molecule has 0 amide bonds. The Morgan fingerprint density at radius 1 is 0.923 bits per heavy atom. The van der Waals surface area contributed by atoms with Crippen LogP contribution < -0.4 is 4.74 Å². The van der Waals surface area contributed by atoms with Crippen LogP contribution in [0.1, 0.15) is 25.0 Å². The molecule has 0 unspecified atom stereocenters. The zero-order valence-corrected chi connectivity index (χ0v) is 15.4. The monoisotopic (exact) mass is 354 g/mol. The van der Waals surface area contributed by atoms with E-state index in [9.17, 15) is 4.79 Å². The van der Waals surface area contributed by atoms with Crippen LogP contribution in [0.2, 0.25) is 0 Å². The van der Waals surface area contributed by atoms with E-state index in [0.717, 1.165) is 11.8 Å². The molecule has 26 heavy (non-hydrogen) atoms. The van der Waals surface area contributed by atoms with E-state index in [2.05, 4.69) is 56.8 Å². The third-order valence-electron chi connectivity index (χ3n) is 4.21. The number of carbonyl (C=O) groups excluding carboxylic acids is 1. The van der Waals surface area contributed by atoms with Crippen molar-refractivity contribution >= 4 is 5.97 Å². The molecule has 0 atom stereocenters. The van der Waals surface area contributed by atoms with Crippen molar-refractivity contribution in [1.29, 1.82) is 0 Å². The van der Waals surface area contributed by atoms with E-state index < -0.39 is 5.97 Å². The van der Waals surface area contributed by atoms with Gasteiger partial charge in [0.2, 0.25) is 0 Å². The van der Waals surface area contributed by atoms with Crippen LogP contribution in [0.5, 0.6) is 5.75 Å². The molecule has 2 aromatic carbocycles. The molecule has 0 fully saturated rings. The number of hydrogen-bond donors (Lipinski definition) is 0. The lowest BCUT2D eigenvalue weighted by molar-refractivity contribution is -0.139. The molecule has 0 aliphatic heterocycles. The van der Waals surface area contributed by atoms with Crippen molar-refractivity contribution in [3.8, 4) is 5.75 Å². The number of hydrogen-bond acceptors (Lipinski definition) is 4. The van der Waals surface area contributed by atoms with Gasteiger partial charge in [0.05, 0.1) is 13.2 Å². The molecular formula is C22H26O4. The largest absolute Gasteiger partial charge is 0.491 e. The van der Waals surface area contributed by atoms with E-state index in [-0.39, 0.29) is 12.0 Å². The first-order valence-electron chi connectivity index (χ1n) is 8.70. The highest BCUT2D eigenvalue weighted by Gasteiger charge is 2.22. The van der Waals surface area contributed by atoms with Crippen molar-refractivity contribution in [2.45, 2.75) is 19.3 Å². The van der Waals surface area contributed by atoms with Gasteiger partial charge >= 0.3 is 5.97 Å². The van der Waals surface area contributed by atoms with Crippen LogP contribution in [0.25, 0.3) is 0 Å². The molecule has 0 aromatic heterocycles. The minimum absolute atomic E-state index is 0.0637. The Balaban J connectivity index is 1.76. The van der Waals surface area contributed by atoms with Crippen molar-refractivity contribution < 1.29 is 19.0 Å². The van der Waals surface area contributed by atoms with Gasteiger partial charge in [-0.15, -0.1) is 0 Å². The molecule has 0 radical (unpaired) electrons. The van der Waals surface area contributed by atoms with Crippen LogP contribution in [0.3, 0.4) is 0 Å². The number of benzene rings is 2. The van der Waals surface area contributed by atoms with Crippen LogP contribution >= 0.6 is 0 Å². The van der Waals surface area contributed by atoms with E-state index in [0.29, 0.717) is 19.8 Å². The van der Waals surface area contributed by atoms with Crippen LogP contribution in [0.15, 0.2) is 67.3 Å². The van der Waals surface area contributed by atoms with Gasteiger partial charge in [0, 0.05) is 11.5 Å². The lowest BCUT2D eigenvalue weighted by atomic mass is 9.78. The number of rotatable bonds is 10. The fourth-order valence-corrected chi connectivity index (χ4v) is 2.57. The van der Waals surface area contributed by atoms with Crippen LogP contribution in [0, 0.1) is 0 Å². The fraction of sp³-hybridized carbons (Fsp3) is 0.318. The lowest BCUT2D eigenvalue weighted by Crippen LogP contribution is -2.18. The maximum Gasteiger partial charge on any atom is 0.330 e. The van der Waals surface area contributed by atoms with E-state index in [1.165, 1.54) is 11.1 Å². The van der Waals surface area contributed by atoms with Crippen molar-refractivity contribution in [3.63, 3.8) is 0 Å². The normalized spacial score (nSPS) is 11.0. The molecule has 2 rings (SSSR count). The molecule has 0 aliphatic carbocycles. The molecule has 4 nitrogen and oxygen atoms in total. The Bertz CT molecular complexity index is 690. The molecule has 0 heterocycles. The standard InChI is InChI=1S/C22H26O4/c1-4-21(23)26-17-15-24-14-16-25-20-12-10-19(11-13-20)22(2,3)18-8-6-5-7-9-18/h4-13H,1,14-17H2,2-3H3. The maximum atomic E-state index is 10.9. The Kier molecular flexibility index (Phi) is 7.42. The number of ether oxygens (including phenoxy) is 3. The van der Waals surface area contributed by atoms with E-state index >= 15 is 0 Å². The predicted octanol–water partition coefficient (Wildman–Crippen LogP) is 4.14. The van der Waals surface area contributed by atoms with E-state index in [4.69, 9.17) is 14.2 Å². The SMILES string of the molecule is C=CC(=O)OCCOCCOc1ccc(C(C)(C)c2ccccc2)cc1. The first-order chi connectivity index (χ1) is 12.5. The van der Waals surface area contributed by atoms with E-state index in [1.54, 1.807) is 0 Å². The molecule has 0 bridgehead atoms. The second-order valence-electron chi connectivity index (χ2n) is 6.35. The van der Waals surface area contributed by atoms with Crippen LogP contribution in [-0.2, 0) is 19.7 Å². The van der Waals surface area contributed by atoms with Crippen molar-refractivity contribution in [2.75, 3.05) is 26.4 Å². The molecule has 0 N–H and O–H groups in total. The average molecular weight is 354 g/mol. The minimum Gasteiger partial charge on any atom is -0.491 e. The quantitative estimate of drug-likeness (QED) is 0.365. The molecule has 0 aliphatic rings. The summed E-state index contributed by atoms with van der Waals surface area (Å²) in [6.07, 6.45) is 1.13. The summed E-state index contributed by atoms with van der Waals surface area (Å²) in [5.74, 6) is 0.364. The predicted molar refractivity (Wildman–Crippen MR) is 102 cm³/mol. The minimum atomic E-state index is -0.441. The van der Waals surface area contributed by atoms with Gasteiger partial charge in [-0.25, -0.2) is 4.79 Å². The van der Waals surface area contributed by atoms with Gasteiger partial charge in [-0.3, -0.25) is 0 Å². The Morgan fingerprint density at radius 2 is 1.54 bits per heavy atom. The molecular weight excluding hydrogens is 328 g/mol. The number of carbonyl (C=O) groups is 1. The summed E-state index contributed by atoms with van der Waals surface area (Å²) in [6.45, 7) is 9.18. The van der Waals surface area contributed by atoms with Gasteiger partial charge in [0.1, 0.15) is 19.0 Å². The molecule has 138 valence electrons. The summed E-state index contributed by atoms with van der Waals surface area (Å²) < 4.78 is 15.8. The zero-order valence-electron chi connectivity index (χ0n) is 15.4. The third-order valence-corrected chi connectivity index (χ3v) is 4.21. The molecule has 0 saturated heterocycles. The summed E-state index contributed by atoms with van der Waals surface area (Å²) in [5, 5.41) is 0. The molecule has 0 saturated carbocycles. The second-order valence-corrected chi connectivity index (χ2v) is 6.35. The smallest absolute Gasteiger partial charge is 0.330 e. The first-order valence-corrected chi connectivity index (χ1v) is 8.70. The molecule has 0 spiro atoms. The number of esters is 1.